The minimum atomic E-state index is -0.243. The van der Waals surface area contributed by atoms with Gasteiger partial charge in [0.1, 0.15) is 11.5 Å². The zero-order valence-electron chi connectivity index (χ0n) is 13.1. The quantitative estimate of drug-likeness (QED) is 0.633. The molecular weight excluding hydrogens is 322 g/mol. The molecular formula is C20H16ClNO2. The maximum Gasteiger partial charge on any atom is 0.248 e. The molecule has 1 N–H and O–H groups in total. The van der Waals surface area contributed by atoms with Gasteiger partial charge in [0.2, 0.25) is 5.91 Å². The molecule has 0 aliphatic rings. The second-order valence-electron chi connectivity index (χ2n) is 5.35. The molecule has 0 aliphatic heterocycles. The summed E-state index contributed by atoms with van der Waals surface area (Å²) in [5.41, 5.74) is 2.62. The molecule has 0 atom stereocenters. The van der Waals surface area contributed by atoms with Crippen LogP contribution in [0.4, 0.5) is 5.69 Å². The van der Waals surface area contributed by atoms with Crippen LogP contribution in [0.1, 0.15) is 11.3 Å². The standard InChI is InChI=1S/C20H16ClNO2/c1-14-7-8-16(13-18(14)21)22-20(23)12-10-17-9-11-19(24-17)15-5-3-2-4-6-15/h2-13H,1H3,(H,22,23)/b12-10+. The predicted octanol–water partition coefficient (Wildman–Crippen LogP) is 5.56. The van der Waals surface area contributed by atoms with Crippen LogP contribution in [0.3, 0.4) is 0 Å². The molecule has 0 spiro atoms. The Labute approximate surface area is 145 Å². The number of nitrogens with one attached hydrogen (secondary N) is 1. The van der Waals surface area contributed by atoms with E-state index in [0.29, 0.717) is 16.5 Å². The van der Waals surface area contributed by atoms with E-state index in [9.17, 15) is 4.79 Å². The summed E-state index contributed by atoms with van der Waals surface area (Å²) < 4.78 is 5.72. The third-order valence-electron chi connectivity index (χ3n) is 3.52. The molecule has 0 saturated carbocycles. The number of amides is 1. The van der Waals surface area contributed by atoms with E-state index >= 15 is 0 Å². The van der Waals surface area contributed by atoms with Crippen LogP contribution in [-0.4, -0.2) is 5.91 Å². The van der Waals surface area contributed by atoms with Crippen molar-refractivity contribution in [2.24, 2.45) is 0 Å². The van der Waals surface area contributed by atoms with Crippen LogP contribution in [-0.2, 0) is 4.79 Å². The first kappa shape index (κ1) is 16.1. The van der Waals surface area contributed by atoms with E-state index in [0.717, 1.165) is 16.9 Å². The topological polar surface area (TPSA) is 42.2 Å². The van der Waals surface area contributed by atoms with Crippen LogP contribution in [0.5, 0.6) is 0 Å². The molecule has 1 heterocycles. The van der Waals surface area contributed by atoms with E-state index in [1.165, 1.54) is 6.08 Å². The molecule has 0 bridgehead atoms. The van der Waals surface area contributed by atoms with Gasteiger partial charge < -0.3 is 9.73 Å². The SMILES string of the molecule is Cc1ccc(NC(=O)/C=C/c2ccc(-c3ccccc3)o2)cc1Cl. The number of rotatable bonds is 4. The van der Waals surface area contributed by atoms with Crippen molar-refractivity contribution in [2.45, 2.75) is 6.92 Å². The van der Waals surface area contributed by atoms with Crippen LogP contribution in [0.2, 0.25) is 5.02 Å². The average Bonchev–Trinajstić information content (AvgIpc) is 3.06. The Balaban J connectivity index is 1.66. The Bertz CT molecular complexity index is 882. The highest BCUT2D eigenvalue weighted by Crippen LogP contribution is 2.23. The van der Waals surface area contributed by atoms with Gasteiger partial charge >= 0.3 is 0 Å². The Kier molecular flexibility index (Phi) is 4.82. The number of halogens is 1. The third kappa shape index (κ3) is 3.94. The normalized spacial score (nSPS) is 10.9. The minimum absolute atomic E-state index is 0.243. The Morgan fingerprint density at radius 3 is 2.62 bits per heavy atom. The van der Waals surface area contributed by atoms with Crippen molar-refractivity contribution in [3.63, 3.8) is 0 Å². The van der Waals surface area contributed by atoms with Gasteiger partial charge in [-0.2, -0.15) is 0 Å². The average molecular weight is 338 g/mol. The highest BCUT2D eigenvalue weighted by molar-refractivity contribution is 6.31. The van der Waals surface area contributed by atoms with E-state index in [-0.39, 0.29) is 5.91 Å². The first-order valence-corrected chi connectivity index (χ1v) is 7.90. The molecule has 1 aromatic heterocycles. The maximum absolute atomic E-state index is 12.0. The van der Waals surface area contributed by atoms with Crippen LogP contribution in [0, 0.1) is 6.92 Å². The summed E-state index contributed by atoms with van der Waals surface area (Å²) in [7, 11) is 0. The number of furan rings is 1. The van der Waals surface area contributed by atoms with Crippen LogP contribution >= 0.6 is 11.6 Å². The van der Waals surface area contributed by atoms with Crippen molar-refractivity contribution in [1.29, 1.82) is 0 Å². The molecule has 3 rings (SSSR count). The summed E-state index contributed by atoms with van der Waals surface area (Å²) in [5.74, 6) is 1.14. The number of anilines is 1. The molecule has 0 aliphatic carbocycles. The van der Waals surface area contributed by atoms with Gasteiger partial charge in [-0.1, -0.05) is 48.0 Å². The molecule has 0 unspecified atom stereocenters. The Morgan fingerprint density at radius 2 is 1.88 bits per heavy atom. The molecule has 3 aromatic rings. The number of benzene rings is 2. The predicted molar refractivity (Wildman–Crippen MR) is 98.0 cm³/mol. The van der Waals surface area contributed by atoms with Gasteiger partial charge in [-0.25, -0.2) is 0 Å². The third-order valence-corrected chi connectivity index (χ3v) is 3.93. The fraction of sp³-hybridized carbons (Fsp3) is 0.0500. The van der Waals surface area contributed by atoms with Gasteiger partial charge in [-0.3, -0.25) is 4.79 Å². The fourth-order valence-electron chi connectivity index (χ4n) is 2.21. The summed E-state index contributed by atoms with van der Waals surface area (Å²) in [6, 6.07) is 18.9. The molecule has 24 heavy (non-hydrogen) atoms. The second kappa shape index (κ2) is 7.20. The van der Waals surface area contributed by atoms with Crippen molar-refractivity contribution in [3.8, 4) is 11.3 Å². The summed E-state index contributed by atoms with van der Waals surface area (Å²) in [6.07, 6.45) is 3.07. The lowest BCUT2D eigenvalue weighted by atomic mass is 10.2. The molecule has 3 nitrogen and oxygen atoms in total. The summed E-state index contributed by atoms with van der Waals surface area (Å²) in [4.78, 5) is 12.0. The lowest BCUT2D eigenvalue weighted by molar-refractivity contribution is -0.111. The smallest absolute Gasteiger partial charge is 0.248 e. The van der Waals surface area contributed by atoms with Crippen molar-refractivity contribution in [3.05, 3.63) is 83.1 Å². The molecule has 120 valence electrons. The molecule has 4 heteroatoms. The van der Waals surface area contributed by atoms with Crippen LogP contribution < -0.4 is 5.32 Å². The summed E-state index contributed by atoms with van der Waals surface area (Å²) in [5, 5.41) is 3.39. The van der Waals surface area contributed by atoms with E-state index < -0.39 is 0 Å². The van der Waals surface area contributed by atoms with Crippen molar-refractivity contribution >= 4 is 29.3 Å². The summed E-state index contributed by atoms with van der Waals surface area (Å²) in [6.45, 7) is 1.91. The van der Waals surface area contributed by atoms with Gasteiger partial charge in [0.15, 0.2) is 0 Å². The van der Waals surface area contributed by atoms with E-state index in [1.807, 2.05) is 61.5 Å². The molecule has 0 fully saturated rings. The van der Waals surface area contributed by atoms with Crippen LogP contribution in [0.25, 0.3) is 17.4 Å². The Morgan fingerprint density at radius 1 is 1.08 bits per heavy atom. The highest BCUT2D eigenvalue weighted by atomic mass is 35.5. The second-order valence-corrected chi connectivity index (χ2v) is 5.76. The first-order chi connectivity index (χ1) is 11.6. The van der Waals surface area contributed by atoms with Gasteiger partial charge in [0.05, 0.1) is 0 Å². The van der Waals surface area contributed by atoms with Crippen molar-refractivity contribution in [1.82, 2.24) is 0 Å². The van der Waals surface area contributed by atoms with E-state index in [4.69, 9.17) is 16.0 Å². The van der Waals surface area contributed by atoms with Gasteiger partial charge in [0, 0.05) is 22.3 Å². The zero-order chi connectivity index (χ0) is 16.9. The number of hydrogen-bond donors (Lipinski definition) is 1. The molecule has 0 radical (unpaired) electrons. The summed E-state index contributed by atoms with van der Waals surface area (Å²) >= 11 is 6.05. The highest BCUT2D eigenvalue weighted by Gasteiger charge is 2.04. The van der Waals surface area contributed by atoms with Gasteiger partial charge in [0.25, 0.3) is 0 Å². The zero-order valence-corrected chi connectivity index (χ0v) is 13.9. The lowest BCUT2D eigenvalue weighted by Gasteiger charge is -2.04. The molecule has 2 aromatic carbocycles. The van der Waals surface area contributed by atoms with Crippen molar-refractivity contribution in [2.75, 3.05) is 5.32 Å². The monoisotopic (exact) mass is 337 g/mol. The van der Waals surface area contributed by atoms with E-state index in [2.05, 4.69) is 5.32 Å². The minimum Gasteiger partial charge on any atom is -0.457 e. The lowest BCUT2D eigenvalue weighted by Crippen LogP contribution is -2.07. The number of carbonyl (C=O) groups is 1. The first-order valence-electron chi connectivity index (χ1n) is 7.52. The van der Waals surface area contributed by atoms with Gasteiger partial charge in [-0.05, 0) is 42.8 Å². The maximum atomic E-state index is 12.0. The fourth-order valence-corrected chi connectivity index (χ4v) is 2.39. The van der Waals surface area contributed by atoms with Gasteiger partial charge in [-0.15, -0.1) is 0 Å². The number of hydrogen-bond acceptors (Lipinski definition) is 2. The molecule has 0 saturated heterocycles. The molecule has 1 amide bonds. The van der Waals surface area contributed by atoms with Crippen LogP contribution in [0.15, 0.2) is 71.2 Å². The van der Waals surface area contributed by atoms with E-state index in [1.54, 1.807) is 12.1 Å². The Hall–Kier alpha value is -2.78. The number of aryl methyl sites for hydroxylation is 1. The number of carbonyl (C=O) groups excluding carboxylic acids is 1. The largest absolute Gasteiger partial charge is 0.457 e. The van der Waals surface area contributed by atoms with Crippen molar-refractivity contribution < 1.29 is 9.21 Å².